The number of sulfone groups is 1. The highest BCUT2D eigenvalue weighted by Gasteiger charge is 2.31. The molecule has 1 amide bonds. The van der Waals surface area contributed by atoms with Crippen LogP contribution in [-0.2, 0) is 14.6 Å². The predicted octanol–water partition coefficient (Wildman–Crippen LogP) is -0.417. The van der Waals surface area contributed by atoms with Gasteiger partial charge in [-0.15, -0.1) is 6.58 Å². The van der Waals surface area contributed by atoms with Crippen molar-refractivity contribution in [1.29, 1.82) is 0 Å². The fraction of sp³-hybridized carbons (Fsp3) is 0.700. The van der Waals surface area contributed by atoms with E-state index in [0.717, 1.165) is 0 Å². The minimum absolute atomic E-state index is 0.173. The second-order valence-corrected chi connectivity index (χ2v) is 6.41. The smallest absolute Gasteiger partial charge is 0.237 e. The Morgan fingerprint density at radius 1 is 1.62 bits per heavy atom. The van der Waals surface area contributed by atoms with E-state index in [1.807, 2.05) is 0 Å². The van der Waals surface area contributed by atoms with Crippen LogP contribution in [0.2, 0.25) is 0 Å². The molecular weight excluding hydrogens is 228 g/mol. The summed E-state index contributed by atoms with van der Waals surface area (Å²) in [7, 11) is -3.00. The maximum absolute atomic E-state index is 11.5. The van der Waals surface area contributed by atoms with Gasteiger partial charge in [-0.05, 0) is 19.3 Å². The maximum Gasteiger partial charge on any atom is 0.237 e. The van der Waals surface area contributed by atoms with E-state index in [0.29, 0.717) is 19.3 Å². The predicted molar refractivity (Wildman–Crippen MR) is 62.6 cm³/mol. The highest BCUT2D eigenvalue weighted by atomic mass is 32.2. The van der Waals surface area contributed by atoms with Crippen LogP contribution in [0.4, 0.5) is 0 Å². The Morgan fingerprint density at radius 3 is 2.81 bits per heavy atom. The van der Waals surface area contributed by atoms with E-state index >= 15 is 0 Å². The molecule has 3 N–H and O–H groups in total. The van der Waals surface area contributed by atoms with Crippen molar-refractivity contribution in [2.75, 3.05) is 12.3 Å². The monoisotopic (exact) mass is 246 g/mol. The molecule has 0 spiro atoms. The van der Waals surface area contributed by atoms with Gasteiger partial charge in [0.25, 0.3) is 0 Å². The lowest BCUT2D eigenvalue weighted by atomic mass is 10.2. The lowest BCUT2D eigenvalue weighted by molar-refractivity contribution is -0.122. The summed E-state index contributed by atoms with van der Waals surface area (Å²) in [5, 5.41) is 2.14. The molecule has 0 aromatic carbocycles. The van der Waals surface area contributed by atoms with Crippen molar-refractivity contribution in [3.63, 3.8) is 0 Å². The van der Waals surface area contributed by atoms with E-state index in [1.165, 1.54) is 0 Å². The molecule has 1 aliphatic rings. The summed E-state index contributed by atoms with van der Waals surface area (Å²) < 4.78 is 22.9. The van der Waals surface area contributed by atoms with Gasteiger partial charge in [0.15, 0.2) is 9.84 Å². The van der Waals surface area contributed by atoms with Crippen LogP contribution in [0.5, 0.6) is 0 Å². The first-order chi connectivity index (χ1) is 7.47. The van der Waals surface area contributed by atoms with E-state index in [2.05, 4.69) is 11.9 Å². The molecule has 1 fully saturated rings. The molecule has 2 unspecified atom stereocenters. The summed E-state index contributed by atoms with van der Waals surface area (Å²) in [5.41, 5.74) is 5.55. The summed E-state index contributed by atoms with van der Waals surface area (Å²) in [6.45, 7) is 3.66. The molecule has 2 atom stereocenters. The molecule has 0 aromatic rings. The lowest BCUT2D eigenvalue weighted by Crippen LogP contribution is -2.43. The van der Waals surface area contributed by atoms with Crippen LogP contribution in [0.25, 0.3) is 0 Å². The summed E-state index contributed by atoms with van der Waals surface area (Å²) in [4.78, 5) is 11.4. The van der Waals surface area contributed by atoms with Crippen molar-refractivity contribution < 1.29 is 13.2 Å². The fourth-order valence-electron chi connectivity index (χ4n) is 1.72. The normalized spacial score (nSPS) is 24.9. The first-order valence-corrected chi connectivity index (χ1v) is 7.04. The Hall–Kier alpha value is -0.880. The molecular formula is C10H18N2O3S. The van der Waals surface area contributed by atoms with Gasteiger partial charge in [0.05, 0.1) is 17.0 Å². The van der Waals surface area contributed by atoms with Crippen LogP contribution < -0.4 is 11.1 Å². The van der Waals surface area contributed by atoms with Gasteiger partial charge in [-0.2, -0.15) is 0 Å². The zero-order valence-electron chi connectivity index (χ0n) is 9.19. The van der Waals surface area contributed by atoms with Gasteiger partial charge >= 0.3 is 0 Å². The molecule has 1 heterocycles. The van der Waals surface area contributed by atoms with Crippen molar-refractivity contribution in [3.8, 4) is 0 Å². The first-order valence-electron chi connectivity index (χ1n) is 5.33. The topological polar surface area (TPSA) is 89.3 Å². The molecule has 1 saturated heterocycles. The molecule has 0 bridgehead atoms. The average Bonchev–Trinajstić information content (AvgIpc) is 2.54. The largest absolute Gasteiger partial charge is 0.353 e. The Balaban J connectivity index is 2.40. The molecule has 1 rings (SSSR count). The van der Waals surface area contributed by atoms with Crippen LogP contribution in [0.15, 0.2) is 12.7 Å². The Bertz CT molecular complexity index is 364. The van der Waals surface area contributed by atoms with Crippen molar-refractivity contribution in [2.45, 2.75) is 30.6 Å². The van der Waals surface area contributed by atoms with Crippen molar-refractivity contribution in [3.05, 3.63) is 12.7 Å². The molecule has 92 valence electrons. The molecule has 16 heavy (non-hydrogen) atoms. The third-order valence-electron chi connectivity index (χ3n) is 2.72. The van der Waals surface area contributed by atoms with Crippen molar-refractivity contribution in [1.82, 2.24) is 5.32 Å². The highest BCUT2D eigenvalue weighted by molar-refractivity contribution is 7.92. The van der Waals surface area contributed by atoms with E-state index in [9.17, 15) is 13.2 Å². The Labute approximate surface area is 96.0 Å². The number of nitrogens with two attached hydrogens (primary N) is 1. The lowest BCUT2D eigenvalue weighted by Gasteiger charge is -2.13. The standard InChI is InChI=1S/C10H18N2O3S/c1-2-4-9(11)10(13)12-7-8-5-3-6-16(8,14)15/h2,8-9H,1,3-7,11H2,(H,12,13). The van der Waals surface area contributed by atoms with Crippen LogP contribution in [0.3, 0.4) is 0 Å². The maximum atomic E-state index is 11.5. The molecule has 0 saturated carbocycles. The van der Waals surface area contributed by atoms with Crippen LogP contribution in [-0.4, -0.2) is 37.9 Å². The third kappa shape index (κ3) is 3.31. The van der Waals surface area contributed by atoms with E-state index < -0.39 is 21.1 Å². The molecule has 6 heteroatoms. The number of hydrogen-bond donors (Lipinski definition) is 2. The summed E-state index contributed by atoms with van der Waals surface area (Å²) in [6, 6.07) is -0.637. The number of nitrogens with one attached hydrogen (secondary N) is 1. The molecule has 0 aromatic heterocycles. The van der Waals surface area contributed by atoms with E-state index in [1.54, 1.807) is 6.08 Å². The zero-order chi connectivity index (χ0) is 12.2. The quantitative estimate of drug-likeness (QED) is 0.645. The summed E-state index contributed by atoms with van der Waals surface area (Å²) in [5.74, 6) is -0.0892. The van der Waals surface area contributed by atoms with Crippen molar-refractivity contribution >= 4 is 15.7 Å². The van der Waals surface area contributed by atoms with Gasteiger partial charge in [-0.25, -0.2) is 8.42 Å². The van der Waals surface area contributed by atoms with Crippen LogP contribution >= 0.6 is 0 Å². The average molecular weight is 246 g/mol. The fourth-order valence-corrected chi connectivity index (χ4v) is 3.48. The minimum atomic E-state index is -3.00. The first kappa shape index (κ1) is 13.2. The number of hydrogen-bond acceptors (Lipinski definition) is 4. The van der Waals surface area contributed by atoms with Gasteiger partial charge in [0.2, 0.25) is 5.91 Å². The minimum Gasteiger partial charge on any atom is -0.353 e. The second kappa shape index (κ2) is 5.45. The van der Waals surface area contributed by atoms with Crippen molar-refractivity contribution in [2.24, 2.45) is 5.73 Å². The highest BCUT2D eigenvalue weighted by Crippen LogP contribution is 2.18. The number of rotatable bonds is 5. The SMILES string of the molecule is C=CCC(N)C(=O)NCC1CCCS1(=O)=O. The third-order valence-corrected chi connectivity index (χ3v) is 5.00. The summed E-state index contributed by atoms with van der Waals surface area (Å²) >= 11 is 0. The van der Waals surface area contributed by atoms with E-state index in [-0.39, 0.29) is 18.2 Å². The van der Waals surface area contributed by atoms with E-state index in [4.69, 9.17) is 5.73 Å². The molecule has 0 aliphatic carbocycles. The second-order valence-electron chi connectivity index (χ2n) is 4.01. The molecule has 1 aliphatic heterocycles. The Morgan fingerprint density at radius 2 is 2.31 bits per heavy atom. The number of amides is 1. The van der Waals surface area contributed by atoms with Gasteiger partial charge in [0, 0.05) is 6.54 Å². The zero-order valence-corrected chi connectivity index (χ0v) is 10.0. The molecule has 5 nitrogen and oxygen atoms in total. The number of carbonyl (C=O) groups excluding carboxylic acids is 1. The molecule has 0 radical (unpaired) electrons. The van der Waals surface area contributed by atoms with Gasteiger partial charge in [-0.3, -0.25) is 4.79 Å². The van der Waals surface area contributed by atoms with Gasteiger partial charge in [0.1, 0.15) is 0 Å². The number of carbonyl (C=O) groups is 1. The Kier molecular flexibility index (Phi) is 4.49. The van der Waals surface area contributed by atoms with Gasteiger partial charge < -0.3 is 11.1 Å². The van der Waals surface area contributed by atoms with Gasteiger partial charge in [-0.1, -0.05) is 6.08 Å². The van der Waals surface area contributed by atoms with Crippen LogP contribution in [0, 0.1) is 0 Å². The summed E-state index contributed by atoms with van der Waals surface area (Å²) in [6.07, 6.45) is 3.26. The van der Waals surface area contributed by atoms with Crippen LogP contribution in [0.1, 0.15) is 19.3 Å².